The molecule has 0 saturated carbocycles. The minimum Gasteiger partial charge on any atom is -0.497 e. The van der Waals surface area contributed by atoms with E-state index in [4.69, 9.17) is 9.26 Å². The molecule has 0 fully saturated rings. The Morgan fingerprint density at radius 1 is 1.19 bits per heavy atom. The van der Waals surface area contributed by atoms with Gasteiger partial charge in [-0.2, -0.15) is 0 Å². The fourth-order valence-electron chi connectivity index (χ4n) is 2.21. The highest BCUT2D eigenvalue weighted by Gasteiger charge is 2.09. The number of benzene rings is 2. The largest absolute Gasteiger partial charge is 0.497 e. The van der Waals surface area contributed by atoms with E-state index in [9.17, 15) is 9.18 Å². The molecule has 0 unspecified atom stereocenters. The molecule has 5 nitrogen and oxygen atoms in total. The van der Waals surface area contributed by atoms with Crippen molar-refractivity contribution in [1.82, 2.24) is 10.5 Å². The molecule has 0 aliphatic rings. The quantitative estimate of drug-likeness (QED) is 0.637. The third kappa shape index (κ3) is 4.86. The van der Waals surface area contributed by atoms with Gasteiger partial charge in [0.2, 0.25) is 5.91 Å². The smallest absolute Gasteiger partial charge is 0.230 e. The van der Waals surface area contributed by atoms with Crippen LogP contribution in [0.15, 0.2) is 64.0 Å². The lowest BCUT2D eigenvalue weighted by atomic mass is 10.1. The molecule has 0 radical (unpaired) electrons. The number of halogens is 1. The van der Waals surface area contributed by atoms with E-state index in [0.717, 1.165) is 16.2 Å². The van der Waals surface area contributed by atoms with E-state index in [1.54, 1.807) is 25.3 Å². The van der Waals surface area contributed by atoms with Crippen LogP contribution in [0.3, 0.4) is 0 Å². The van der Waals surface area contributed by atoms with E-state index in [1.165, 1.54) is 23.9 Å². The standard InChI is InChI=1S/C19H17FN2O3S/c1-24-16-6-2-13(3-7-16)18-10-15(22-25-18)11-21-19(23)12-26-17-8-4-14(20)5-9-17/h2-10H,11-12H2,1H3,(H,21,23). The third-order valence-corrected chi connectivity index (χ3v) is 4.60. The number of ether oxygens (including phenoxy) is 1. The Bertz CT molecular complexity index is 863. The van der Waals surface area contributed by atoms with Gasteiger partial charge in [0, 0.05) is 16.5 Å². The molecule has 3 aromatic rings. The fourth-order valence-corrected chi connectivity index (χ4v) is 2.93. The summed E-state index contributed by atoms with van der Waals surface area (Å²) in [6, 6.07) is 15.2. The first-order valence-electron chi connectivity index (χ1n) is 7.89. The number of nitrogens with zero attached hydrogens (tertiary/aromatic N) is 1. The first-order chi connectivity index (χ1) is 12.6. The van der Waals surface area contributed by atoms with Crippen LogP contribution in [-0.2, 0) is 11.3 Å². The van der Waals surface area contributed by atoms with E-state index in [0.29, 0.717) is 11.5 Å². The Balaban J connectivity index is 1.49. The molecule has 1 heterocycles. The Labute approximate surface area is 154 Å². The van der Waals surface area contributed by atoms with Gasteiger partial charge in [0.15, 0.2) is 5.76 Å². The van der Waals surface area contributed by atoms with Gasteiger partial charge in [-0.25, -0.2) is 4.39 Å². The van der Waals surface area contributed by atoms with Gasteiger partial charge in [0.25, 0.3) is 0 Å². The van der Waals surface area contributed by atoms with E-state index in [1.807, 2.05) is 24.3 Å². The molecule has 1 amide bonds. The molecule has 26 heavy (non-hydrogen) atoms. The van der Waals surface area contributed by atoms with Crippen LogP contribution in [0.5, 0.6) is 5.75 Å². The van der Waals surface area contributed by atoms with Crippen LogP contribution in [-0.4, -0.2) is 23.9 Å². The first kappa shape index (κ1) is 18.0. The van der Waals surface area contributed by atoms with Crippen molar-refractivity contribution in [2.45, 2.75) is 11.4 Å². The van der Waals surface area contributed by atoms with Crippen molar-refractivity contribution >= 4 is 17.7 Å². The molecule has 3 rings (SSSR count). The van der Waals surface area contributed by atoms with Crippen molar-refractivity contribution in [3.8, 4) is 17.1 Å². The lowest BCUT2D eigenvalue weighted by Crippen LogP contribution is -2.24. The fraction of sp³-hybridized carbons (Fsp3) is 0.158. The van der Waals surface area contributed by atoms with Gasteiger partial charge in [-0.15, -0.1) is 11.8 Å². The van der Waals surface area contributed by atoms with Crippen LogP contribution >= 0.6 is 11.8 Å². The number of methoxy groups -OCH3 is 1. The minimum absolute atomic E-state index is 0.131. The number of hydrogen-bond donors (Lipinski definition) is 1. The molecule has 0 saturated heterocycles. The summed E-state index contributed by atoms with van der Waals surface area (Å²) in [5.41, 5.74) is 1.51. The van der Waals surface area contributed by atoms with E-state index in [2.05, 4.69) is 10.5 Å². The summed E-state index contributed by atoms with van der Waals surface area (Å²) in [6.07, 6.45) is 0. The molecule has 1 aromatic heterocycles. The zero-order valence-electron chi connectivity index (χ0n) is 14.1. The topological polar surface area (TPSA) is 64.4 Å². The number of nitrogens with one attached hydrogen (secondary N) is 1. The number of aromatic nitrogens is 1. The predicted molar refractivity (Wildman–Crippen MR) is 97.5 cm³/mol. The Morgan fingerprint density at radius 2 is 1.92 bits per heavy atom. The van der Waals surface area contributed by atoms with E-state index >= 15 is 0 Å². The molecule has 0 aliphatic carbocycles. The second-order valence-electron chi connectivity index (χ2n) is 5.43. The van der Waals surface area contributed by atoms with Gasteiger partial charge in [-0.1, -0.05) is 5.16 Å². The minimum atomic E-state index is -0.294. The number of hydrogen-bond acceptors (Lipinski definition) is 5. The van der Waals surface area contributed by atoms with Gasteiger partial charge >= 0.3 is 0 Å². The van der Waals surface area contributed by atoms with Crippen molar-refractivity contribution in [2.24, 2.45) is 0 Å². The average molecular weight is 372 g/mol. The van der Waals surface area contributed by atoms with Gasteiger partial charge in [0.05, 0.1) is 19.4 Å². The van der Waals surface area contributed by atoms with Crippen LogP contribution in [0, 0.1) is 5.82 Å². The number of rotatable bonds is 7. The molecule has 0 atom stereocenters. The molecular weight excluding hydrogens is 355 g/mol. The molecule has 1 N–H and O–H groups in total. The highest BCUT2D eigenvalue weighted by Crippen LogP contribution is 2.23. The lowest BCUT2D eigenvalue weighted by Gasteiger charge is -2.03. The molecular formula is C19H17FN2O3S. The summed E-state index contributed by atoms with van der Waals surface area (Å²) < 4.78 is 23.3. The van der Waals surface area contributed by atoms with Crippen LogP contribution in [0.2, 0.25) is 0 Å². The monoisotopic (exact) mass is 372 g/mol. The maximum Gasteiger partial charge on any atom is 0.230 e. The highest BCUT2D eigenvalue weighted by molar-refractivity contribution is 8.00. The summed E-state index contributed by atoms with van der Waals surface area (Å²) in [5.74, 6) is 1.21. The van der Waals surface area contributed by atoms with Crippen molar-refractivity contribution in [3.05, 3.63) is 66.1 Å². The Morgan fingerprint density at radius 3 is 2.62 bits per heavy atom. The maximum atomic E-state index is 12.8. The SMILES string of the molecule is COc1ccc(-c2cc(CNC(=O)CSc3ccc(F)cc3)no2)cc1. The Kier molecular flexibility index (Phi) is 5.91. The van der Waals surface area contributed by atoms with Crippen LogP contribution in [0.25, 0.3) is 11.3 Å². The lowest BCUT2D eigenvalue weighted by molar-refractivity contribution is -0.118. The van der Waals surface area contributed by atoms with Gasteiger partial charge in [-0.05, 0) is 48.5 Å². The van der Waals surface area contributed by atoms with Crippen LogP contribution < -0.4 is 10.1 Å². The number of carbonyl (C=O) groups is 1. The highest BCUT2D eigenvalue weighted by atomic mass is 32.2. The second-order valence-corrected chi connectivity index (χ2v) is 6.48. The number of amides is 1. The summed E-state index contributed by atoms with van der Waals surface area (Å²) in [6.45, 7) is 0.280. The van der Waals surface area contributed by atoms with Gasteiger partial charge < -0.3 is 14.6 Å². The molecule has 7 heteroatoms. The molecule has 0 spiro atoms. The van der Waals surface area contributed by atoms with Crippen molar-refractivity contribution in [2.75, 3.05) is 12.9 Å². The van der Waals surface area contributed by atoms with Crippen molar-refractivity contribution in [3.63, 3.8) is 0 Å². The van der Waals surface area contributed by atoms with E-state index < -0.39 is 0 Å². The summed E-state index contributed by atoms with van der Waals surface area (Å²) in [7, 11) is 1.61. The predicted octanol–water partition coefficient (Wildman–Crippen LogP) is 3.90. The number of thioether (sulfide) groups is 1. The molecule has 2 aromatic carbocycles. The van der Waals surface area contributed by atoms with Crippen molar-refractivity contribution < 1.29 is 18.4 Å². The van der Waals surface area contributed by atoms with Crippen LogP contribution in [0.4, 0.5) is 4.39 Å². The Hall–Kier alpha value is -2.80. The van der Waals surface area contributed by atoms with Crippen molar-refractivity contribution in [1.29, 1.82) is 0 Å². The number of carbonyl (C=O) groups excluding carboxylic acids is 1. The normalized spacial score (nSPS) is 10.5. The summed E-state index contributed by atoms with van der Waals surface area (Å²) >= 11 is 1.34. The maximum absolute atomic E-state index is 12.8. The molecule has 0 bridgehead atoms. The molecule has 0 aliphatic heterocycles. The summed E-state index contributed by atoms with van der Waals surface area (Å²) in [4.78, 5) is 12.8. The molecule has 134 valence electrons. The summed E-state index contributed by atoms with van der Waals surface area (Å²) in [5, 5.41) is 6.75. The third-order valence-electron chi connectivity index (χ3n) is 3.58. The zero-order chi connectivity index (χ0) is 18.4. The van der Waals surface area contributed by atoms with E-state index in [-0.39, 0.29) is 24.0 Å². The van der Waals surface area contributed by atoms with Gasteiger partial charge in [0.1, 0.15) is 17.3 Å². The van der Waals surface area contributed by atoms with Crippen LogP contribution in [0.1, 0.15) is 5.69 Å². The second kappa shape index (κ2) is 8.53. The first-order valence-corrected chi connectivity index (χ1v) is 8.87. The zero-order valence-corrected chi connectivity index (χ0v) is 14.9. The average Bonchev–Trinajstić information content (AvgIpc) is 3.15. The van der Waals surface area contributed by atoms with Gasteiger partial charge in [-0.3, -0.25) is 4.79 Å².